The van der Waals surface area contributed by atoms with Gasteiger partial charge in [0.25, 0.3) is 0 Å². The SMILES string of the molecule is CCNCCc1ccccc1CN(C)Cc1cccs1. The third-order valence-electron chi connectivity index (χ3n) is 3.39. The molecular weight excluding hydrogens is 264 g/mol. The lowest BCUT2D eigenvalue weighted by Crippen LogP contribution is -2.20. The molecule has 3 heteroatoms. The minimum atomic E-state index is 1.01. The van der Waals surface area contributed by atoms with Crippen LogP contribution in [0.4, 0.5) is 0 Å². The first kappa shape index (κ1) is 15.2. The van der Waals surface area contributed by atoms with Crippen LogP contribution < -0.4 is 5.32 Å². The van der Waals surface area contributed by atoms with Gasteiger partial charge in [0, 0.05) is 18.0 Å². The number of likely N-dealkylation sites (N-methyl/N-ethyl adjacent to an activating group) is 1. The van der Waals surface area contributed by atoms with Crippen LogP contribution in [0.5, 0.6) is 0 Å². The molecule has 1 N–H and O–H groups in total. The topological polar surface area (TPSA) is 15.3 Å². The van der Waals surface area contributed by atoms with E-state index in [-0.39, 0.29) is 0 Å². The molecule has 1 aromatic heterocycles. The van der Waals surface area contributed by atoms with Crippen molar-refractivity contribution in [2.45, 2.75) is 26.4 Å². The normalized spacial score (nSPS) is 11.2. The van der Waals surface area contributed by atoms with Crippen LogP contribution in [-0.4, -0.2) is 25.0 Å². The highest BCUT2D eigenvalue weighted by atomic mass is 32.1. The summed E-state index contributed by atoms with van der Waals surface area (Å²) in [5.74, 6) is 0. The number of hydrogen-bond donors (Lipinski definition) is 1. The Hall–Kier alpha value is -1.16. The van der Waals surface area contributed by atoms with Crippen molar-refractivity contribution in [3.63, 3.8) is 0 Å². The Labute approximate surface area is 126 Å². The molecule has 0 amide bonds. The molecule has 0 radical (unpaired) electrons. The Morgan fingerprint density at radius 1 is 1.05 bits per heavy atom. The maximum Gasteiger partial charge on any atom is 0.0328 e. The van der Waals surface area contributed by atoms with E-state index in [1.165, 1.54) is 16.0 Å². The van der Waals surface area contributed by atoms with Gasteiger partial charge in [-0.15, -0.1) is 11.3 Å². The van der Waals surface area contributed by atoms with E-state index in [9.17, 15) is 0 Å². The predicted molar refractivity (Wildman–Crippen MR) is 88.2 cm³/mol. The lowest BCUT2D eigenvalue weighted by molar-refractivity contribution is 0.321. The Kier molecular flexibility index (Phi) is 6.25. The molecule has 1 aromatic carbocycles. The molecule has 2 rings (SSSR count). The zero-order chi connectivity index (χ0) is 14.2. The van der Waals surface area contributed by atoms with Gasteiger partial charge < -0.3 is 5.32 Å². The first-order chi connectivity index (χ1) is 9.79. The molecule has 0 saturated carbocycles. The highest BCUT2D eigenvalue weighted by Crippen LogP contribution is 2.15. The smallest absolute Gasteiger partial charge is 0.0328 e. The fourth-order valence-corrected chi connectivity index (χ4v) is 3.15. The van der Waals surface area contributed by atoms with E-state index < -0.39 is 0 Å². The van der Waals surface area contributed by atoms with Crippen molar-refractivity contribution in [2.24, 2.45) is 0 Å². The van der Waals surface area contributed by atoms with Crippen molar-refractivity contribution in [1.82, 2.24) is 10.2 Å². The summed E-state index contributed by atoms with van der Waals surface area (Å²) in [5, 5.41) is 5.55. The molecule has 0 aliphatic carbocycles. The van der Waals surface area contributed by atoms with Crippen LogP contribution in [0, 0.1) is 0 Å². The minimum absolute atomic E-state index is 1.01. The zero-order valence-electron chi connectivity index (χ0n) is 12.4. The molecule has 0 saturated heterocycles. The number of nitrogens with zero attached hydrogens (tertiary/aromatic N) is 1. The van der Waals surface area contributed by atoms with Gasteiger partial charge in [0.15, 0.2) is 0 Å². The van der Waals surface area contributed by atoms with Gasteiger partial charge in [-0.3, -0.25) is 4.90 Å². The Morgan fingerprint density at radius 2 is 1.85 bits per heavy atom. The first-order valence-corrected chi connectivity index (χ1v) is 8.16. The molecule has 0 aliphatic rings. The standard InChI is InChI=1S/C17H24N2S/c1-3-18-11-10-15-7-4-5-8-16(15)13-19(2)14-17-9-6-12-20-17/h4-9,12,18H,3,10-11,13-14H2,1-2H3. The fourth-order valence-electron chi connectivity index (χ4n) is 2.37. The molecule has 2 nitrogen and oxygen atoms in total. The third kappa shape index (κ3) is 4.75. The Balaban J connectivity index is 1.93. The number of rotatable bonds is 8. The summed E-state index contributed by atoms with van der Waals surface area (Å²) in [4.78, 5) is 3.82. The van der Waals surface area contributed by atoms with Gasteiger partial charge in [0.2, 0.25) is 0 Å². The second kappa shape index (κ2) is 8.20. The van der Waals surface area contributed by atoms with Crippen LogP contribution in [0.15, 0.2) is 41.8 Å². The van der Waals surface area contributed by atoms with Crippen molar-refractivity contribution in [1.29, 1.82) is 0 Å². The number of benzene rings is 1. The van der Waals surface area contributed by atoms with Gasteiger partial charge in [-0.1, -0.05) is 37.3 Å². The summed E-state index contributed by atoms with van der Waals surface area (Å²) >= 11 is 1.83. The number of thiophene rings is 1. The number of hydrogen-bond acceptors (Lipinski definition) is 3. The monoisotopic (exact) mass is 288 g/mol. The van der Waals surface area contributed by atoms with Gasteiger partial charge in [0.1, 0.15) is 0 Å². The van der Waals surface area contributed by atoms with Crippen molar-refractivity contribution in [3.8, 4) is 0 Å². The van der Waals surface area contributed by atoms with E-state index in [2.05, 4.69) is 66.0 Å². The summed E-state index contributed by atoms with van der Waals surface area (Å²) in [5.41, 5.74) is 2.91. The lowest BCUT2D eigenvalue weighted by Gasteiger charge is -2.18. The van der Waals surface area contributed by atoms with Crippen LogP contribution in [0.2, 0.25) is 0 Å². The molecule has 0 bridgehead atoms. The van der Waals surface area contributed by atoms with E-state index in [1.807, 2.05) is 11.3 Å². The maximum absolute atomic E-state index is 3.40. The average Bonchev–Trinajstić information content (AvgIpc) is 2.93. The summed E-state index contributed by atoms with van der Waals surface area (Å²) in [7, 11) is 2.20. The molecule has 20 heavy (non-hydrogen) atoms. The summed E-state index contributed by atoms with van der Waals surface area (Å²) in [6.45, 7) is 6.29. The van der Waals surface area contributed by atoms with E-state index >= 15 is 0 Å². The summed E-state index contributed by atoms with van der Waals surface area (Å²) in [6, 6.07) is 13.1. The molecule has 0 fully saturated rings. The summed E-state index contributed by atoms with van der Waals surface area (Å²) in [6.07, 6.45) is 1.11. The lowest BCUT2D eigenvalue weighted by atomic mass is 10.0. The van der Waals surface area contributed by atoms with Gasteiger partial charge in [0.05, 0.1) is 0 Å². The number of nitrogens with one attached hydrogen (secondary N) is 1. The molecule has 2 aromatic rings. The van der Waals surface area contributed by atoms with Crippen molar-refractivity contribution in [3.05, 3.63) is 57.8 Å². The van der Waals surface area contributed by atoms with Gasteiger partial charge in [-0.2, -0.15) is 0 Å². The highest BCUT2D eigenvalue weighted by Gasteiger charge is 2.06. The van der Waals surface area contributed by atoms with Crippen molar-refractivity contribution >= 4 is 11.3 Å². The second-order valence-corrected chi connectivity index (χ2v) is 6.16. The molecule has 1 heterocycles. The van der Waals surface area contributed by atoms with E-state index in [0.717, 1.165) is 32.6 Å². The molecule has 0 atom stereocenters. The van der Waals surface area contributed by atoms with E-state index in [4.69, 9.17) is 0 Å². The quantitative estimate of drug-likeness (QED) is 0.748. The Bertz CT molecular complexity index is 493. The largest absolute Gasteiger partial charge is 0.317 e. The second-order valence-electron chi connectivity index (χ2n) is 5.12. The Morgan fingerprint density at radius 3 is 2.55 bits per heavy atom. The van der Waals surface area contributed by atoms with Crippen molar-refractivity contribution in [2.75, 3.05) is 20.1 Å². The van der Waals surface area contributed by atoms with Crippen LogP contribution >= 0.6 is 11.3 Å². The highest BCUT2D eigenvalue weighted by molar-refractivity contribution is 7.09. The molecular formula is C17H24N2S. The van der Waals surface area contributed by atoms with Gasteiger partial charge in [-0.05, 0) is 49.1 Å². The molecule has 0 unspecified atom stereocenters. The molecule has 0 spiro atoms. The first-order valence-electron chi connectivity index (χ1n) is 7.28. The van der Waals surface area contributed by atoms with E-state index in [1.54, 1.807) is 0 Å². The summed E-state index contributed by atoms with van der Waals surface area (Å²) < 4.78 is 0. The van der Waals surface area contributed by atoms with Crippen LogP contribution in [-0.2, 0) is 19.5 Å². The average molecular weight is 288 g/mol. The van der Waals surface area contributed by atoms with Crippen LogP contribution in [0.25, 0.3) is 0 Å². The fraction of sp³-hybridized carbons (Fsp3) is 0.412. The van der Waals surface area contributed by atoms with Crippen LogP contribution in [0.3, 0.4) is 0 Å². The predicted octanol–water partition coefficient (Wildman–Crippen LogP) is 3.53. The van der Waals surface area contributed by atoms with E-state index in [0.29, 0.717) is 0 Å². The van der Waals surface area contributed by atoms with Gasteiger partial charge >= 0.3 is 0 Å². The maximum atomic E-state index is 3.40. The minimum Gasteiger partial charge on any atom is -0.317 e. The molecule has 0 aliphatic heterocycles. The molecule has 108 valence electrons. The zero-order valence-corrected chi connectivity index (χ0v) is 13.2. The van der Waals surface area contributed by atoms with Crippen molar-refractivity contribution < 1.29 is 0 Å². The van der Waals surface area contributed by atoms with Crippen LogP contribution in [0.1, 0.15) is 22.9 Å². The third-order valence-corrected chi connectivity index (χ3v) is 4.25. The van der Waals surface area contributed by atoms with Gasteiger partial charge in [-0.25, -0.2) is 0 Å².